The summed E-state index contributed by atoms with van der Waals surface area (Å²) in [5.41, 5.74) is 7.55. The topological polar surface area (TPSA) is 71.2 Å². The molecular weight excluding hydrogens is 359 g/mol. The van der Waals surface area contributed by atoms with Crippen LogP contribution in [-0.2, 0) is 11.3 Å². The van der Waals surface area contributed by atoms with Crippen LogP contribution in [0.4, 0.5) is 0 Å². The number of rotatable bonds is 5. The maximum atomic E-state index is 12.2. The predicted molar refractivity (Wildman–Crippen MR) is 104 cm³/mol. The number of benzene rings is 1. The van der Waals surface area contributed by atoms with E-state index in [-0.39, 0.29) is 24.2 Å². The van der Waals surface area contributed by atoms with Gasteiger partial charge in [-0.2, -0.15) is 0 Å². The number of piperidine rings is 1. The zero-order valence-corrected chi connectivity index (χ0v) is 15.7. The summed E-state index contributed by atoms with van der Waals surface area (Å²) >= 11 is 6.27. The van der Waals surface area contributed by atoms with Crippen molar-refractivity contribution in [2.24, 2.45) is 11.7 Å². The van der Waals surface area contributed by atoms with Gasteiger partial charge in [0.05, 0.1) is 11.4 Å². The first-order chi connectivity index (χ1) is 11.7. The summed E-state index contributed by atoms with van der Waals surface area (Å²) in [6.45, 7) is 3.57. The van der Waals surface area contributed by atoms with Crippen molar-refractivity contribution in [3.63, 3.8) is 0 Å². The van der Waals surface area contributed by atoms with Crippen LogP contribution < -0.4 is 11.1 Å². The summed E-state index contributed by atoms with van der Waals surface area (Å²) < 4.78 is 0. The molecule has 1 aliphatic heterocycles. The second kappa shape index (κ2) is 9.34. The third-order valence-electron chi connectivity index (χ3n) is 4.51. The first-order valence-electron chi connectivity index (χ1n) is 8.41. The van der Waals surface area contributed by atoms with E-state index in [1.165, 1.54) is 0 Å². The Hall–Kier alpha value is -1.40. The summed E-state index contributed by atoms with van der Waals surface area (Å²) in [7, 11) is 0. The number of nitrogens with two attached hydrogens (primary N) is 1. The monoisotopic (exact) mass is 382 g/mol. The fourth-order valence-corrected chi connectivity index (χ4v) is 3.53. The van der Waals surface area contributed by atoms with Crippen molar-refractivity contribution in [1.82, 2.24) is 15.2 Å². The van der Waals surface area contributed by atoms with Gasteiger partial charge in [-0.15, -0.1) is 12.4 Å². The van der Waals surface area contributed by atoms with Crippen LogP contribution in [0.5, 0.6) is 0 Å². The fourth-order valence-electron chi connectivity index (χ4n) is 3.32. The van der Waals surface area contributed by atoms with Crippen molar-refractivity contribution in [2.75, 3.05) is 26.2 Å². The number of hydrogen-bond acceptors (Lipinski definition) is 4. The molecule has 0 radical (unpaired) electrons. The quantitative estimate of drug-likeness (QED) is 0.833. The minimum absolute atomic E-state index is 0. The van der Waals surface area contributed by atoms with Gasteiger partial charge in [-0.05, 0) is 43.1 Å². The van der Waals surface area contributed by atoms with Gasteiger partial charge in [0.25, 0.3) is 0 Å². The highest BCUT2D eigenvalue weighted by Gasteiger charge is 2.25. The molecule has 1 saturated heterocycles. The van der Waals surface area contributed by atoms with Gasteiger partial charge < -0.3 is 11.1 Å². The zero-order chi connectivity index (χ0) is 16.9. The number of pyridine rings is 1. The van der Waals surface area contributed by atoms with Crippen molar-refractivity contribution in [1.29, 1.82) is 0 Å². The lowest BCUT2D eigenvalue weighted by molar-refractivity contribution is -0.126. The minimum atomic E-state index is 0. The van der Waals surface area contributed by atoms with Crippen molar-refractivity contribution >= 4 is 40.8 Å². The highest BCUT2D eigenvalue weighted by molar-refractivity contribution is 6.35. The van der Waals surface area contributed by atoms with Crippen LogP contribution in [0.15, 0.2) is 30.5 Å². The maximum Gasteiger partial charge on any atom is 0.224 e. The van der Waals surface area contributed by atoms with E-state index in [1.54, 1.807) is 6.20 Å². The van der Waals surface area contributed by atoms with Gasteiger partial charge in [0, 0.05) is 42.8 Å². The normalized spacial score (nSPS) is 17.9. The lowest BCUT2D eigenvalue weighted by Crippen LogP contribution is -2.43. The van der Waals surface area contributed by atoms with Crippen LogP contribution in [0.2, 0.25) is 5.02 Å². The molecular formula is C18H24Cl2N4O. The molecule has 136 valence electrons. The number of nitrogens with one attached hydrogen (secondary N) is 1. The summed E-state index contributed by atoms with van der Waals surface area (Å²) in [5.74, 6) is 0.154. The Balaban J connectivity index is 0.00000225. The number of carbonyl (C=O) groups is 1. The summed E-state index contributed by atoms with van der Waals surface area (Å²) in [6.07, 6.45) is 3.76. The molecule has 0 aliphatic carbocycles. The average Bonchev–Trinajstić information content (AvgIpc) is 2.62. The van der Waals surface area contributed by atoms with E-state index in [0.717, 1.165) is 54.0 Å². The van der Waals surface area contributed by atoms with Crippen LogP contribution in [-0.4, -0.2) is 42.0 Å². The van der Waals surface area contributed by atoms with E-state index in [0.29, 0.717) is 13.1 Å². The number of amides is 1. The van der Waals surface area contributed by atoms with Crippen molar-refractivity contribution in [3.8, 4) is 0 Å². The molecule has 25 heavy (non-hydrogen) atoms. The zero-order valence-electron chi connectivity index (χ0n) is 14.1. The number of likely N-dealkylation sites (tertiary alicyclic amines) is 1. The van der Waals surface area contributed by atoms with Gasteiger partial charge in [-0.3, -0.25) is 14.7 Å². The molecule has 0 spiro atoms. The van der Waals surface area contributed by atoms with Gasteiger partial charge in [-0.25, -0.2) is 0 Å². The number of halogens is 2. The Bertz CT molecular complexity index is 725. The van der Waals surface area contributed by atoms with Gasteiger partial charge in [0.2, 0.25) is 5.91 Å². The van der Waals surface area contributed by atoms with Crippen LogP contribution in [0, 0.1) is 5.92 Å². The van der Waals surface area contributed by atoms with Crippen molar-refractivity contribution < 1.29 is 4.79 Å². The molecule has 1 atom stereocenters. The number of nitrogens with zero attached hydrogens (tertiary/aromatic N) is 2. The van der Waals surface area contributed by atoms with Crippen LogP contribution >= 0.6 is 24.0 Å². The molecule has 0 bridgehead atoms. The number of aromatic nitrogens is 1. The summed E-state index contributed by atoms with van der Waals surface area (Å²) in [4.78, 5) is 19.0. The predicted octanol–water partition coefficient (Wildman–Crippen LogP) is 2.60. The molecule has 1 aromatic carbocycles. The van der Waals surface area contributed by atoms with E-state index >= 15 is 0 Å². The number of hydrogen-bond donors (Lipinski definition) is 2. The van der Waals surface area contributed by atoms with Gasteiger partial charge in [0.15, 0.2) is 0 Å². The van der Waals surface area contributed by atoms with Crippen LogP contribution in [0.3, 0.4) is 0 Å². The van der Waals surface area contributed by atoms with Crippen LogP contribution in [0.25, 0.3) is 10.9 Å². The van der Waals surface area contributed by atoms with Gasteiger partial charge in [-0.1, -0.05) is 17.7 Å². The molecule has 0 saturated carbocycles. The number of fused-ring (bicyclic) bond motifs is 1. The Morgan fingerprint density at radius 2 is 2.24 bits per heavy atom. The average molecular weight is 383 g/mol. The van der Waals surface area contributed by atoms with E-state index in [1.807, 2.05) is 24.3 Å². The second-order valence-corrected chi connectivity index (χ2v) is 6.67. The molecule has 1 amide bonds. The standard InChI is InChI=1S/C18H23ClN4O.ClH/c19-16-6-5-13(17-15(16)4-1-8-21-17)11-23-10-2-3-14(12-23)18(24)22-9-7-20;/h1,4-6,8,14H,2-3,7,9-12,20H2,(H,22,24);1H. The Morgan fingerprint density at radius 3 is 3.04 bits per heavy atom. The van der Waals surface area contributed by atoms with E-state index in [2.05, 4.69) is 15.2 Å². The van der Waals surface area contributed by atoms with E-state index in [4.69, 9.17) is 17.3 Å². The van der Waals surface area contributed by atoms with Crippen LogP contribution in [0.1, 0.15) is 18.4 Å². The minimum Gasteiger partial charge on any atom is -0.355 e. The van der Waals surface area contributed by atoms with E-state index in [9.17, 15) is 4.79 Å². The molecule has 1 unspecified atom stereocenters. The largest absolute Gasteiger partial charge is 0.355 e. The summed E-state index contributed by atoms with van der Waals surface area (Å²) in [6, 6.07) is 7.86. The van der Waals surface area contributed by atoms with Gasteiger partial charge >= 0.3 is 0 Å². The van der Waals surface area contributed by atoms with Crippen molar-refractivity contribution in [3.05, 3.63) is 41.0 Å². The molecule has 2 heterocycles. The molecule has 2 aromatic rings. The molecule has 3 N–H and O–H groups in total. The number of carbonyl (C=O) groups excluding carboxylic acids is 1. The Morgan fingerprint density at radius 1 is 1.40 bits per heavy atom. The maximum absolute atomic E-state index is 12.2. The molecule has 3 rings (SSSR count). The SMILES string of the molecule is Cl.NCCNC(=O)C1CCCN(Cc2ccc(Cl)c3cccnc23)C1. The fraction of sp³-hybridized carbons (Fsp3) is 0.444. The first-order valence-corrected chi connectivity index (χ1v) is 8.79. The lowest BCUT2D eigenvalue weighted by atomic mass is 9.96. The first kappa shape index (κ1) is 19.9. The van der Waals surface area contributed by atoms with Gasteiger partial charge in [0.1, 0.15) is 0 Å². The Kier molecular flexibility index (Phi) is 7.44. The second-order valence-electron chi connectivity index (χ2n) is 6.26. The molecule has 5 nitrogen and oxygen atoms in total. The third-order valence-corrected chi connectivity index (χ3v) is 4.84. The smallest absolute Gasteiger partial charge is 0.224 e. The highest BCUT2D eigenvalue weighted by atomic mass is 35.5. The molecule has 1 fully saturated rings. The van der Waals surface area contributed by atoms with Crippen molar-refractivity contribution in [2.45, 2.75) is 19.4 Å². The summed E-state index contributed by atoms with van der Waals surface area (Å²) in [5, 5.41) is 4.60. The highest BCUT2D eigenvalue weighted by Crippen LogP contribution is 2.27. The lowest BCUT2D eigenvalue weighted by Gasteiger charge is -2.32. The molecule has 7 heteroatoms. The molecule has 1 aromatic heterocycles. The molecule has 1 aliphatic rings. The third kappa shape index (κ3) is 4.82. The Labute approximate surface area is 159 Å². The van der Waals surface area contributed by atoms with E-state index < -0.39 is 0 Å².